The molecule has 0 radical (unpaired) electrons. The lowest BCUT2D eigenvalue weighted by atomic mass is 10.1. The van der Waals surface area contributed by atoms with E-state index < -0.39 is 36.3 Å². The van der Waals surface area contributed by atoms with Crippen LogP contribution in [0.5, 0.6) is 0 Å². The second-order valence-corrected chi connectivity index (χ2v) is 5.12. The Balaban J connectivity index is 2.20. The minimum atomic E-state index is -4.75. The second kappa shape index (κ2) is 5.80. The molecule has 1 aliphatic heterocycles. The molecule has 120 valence electrons. The molecule has 0 aromatic rings. The zero-order valence-corrected chi connectivity index (χ0v) is 11.3. The van der Waals surface area contributed by atoms with E-state index in [4.69, 9.17) is 9.84 Å². The zero-order chi connectivity index (χ0) is 15.8. The molecule has 2 aliphatic rings. The van der Waals surface area contributed by atoms with Gasteiger partial charge in [0.1, 0.15) is 6.04 Å². The van der Waals surface area contributed by atoms with Crippen molar-refractivity contribution >= 4 is 11.9 Å². The van der Waals surface area contributed by atoms with Crippen LogP contribution in [0.15, 0.2) is 0 Å². The quantitative estimate of drug-likeness (QED) is 0.831. The van der Waals surface area contributed by atoms with Crippen molar-refractivity contribution < 1.29 is 37.3 Å². The Morgan fingerprint density at radius 3 is 2.29 bits per heavy atom. The summed E-state index contributed by atoms with van der Waals surface area (Å²) in [5.74, 6) is -2.25. The summed E-state index contributed by atoms with van der Waals surface area (Å²) in [4.78, 5) is 24.4. The first kappa shape index (κ1) is 16.0. The van der Waals surface area contributed by atoms with Gasteiger partial charge in [-0.05, 0) is 19.8 Å². The summed E-state index contributed by atoms with van der Waals surface area (Å²) in [6, 6.07) is -1.55. The van der Waals surface area contributed by atoms with E-state index in [1.165, 1.54) is 6.92 Å². The SMILES string of the molecule is CC(C(=O)O)N(C(=O)[C@@H]1OCCO[C@@H]1C(F)(F)F)C1CC1. The first-order chi connectivity index (χ1) is 9.73. The fraction of sp³-hybridized carbons (Fsp3) is 0.833. The zero-order valence-electron chi connectivity index (χ0n) is 11.3. The van der Waals surface area contributed by atoms with Crippen LogP contribution in [0, 0.1) is 0 Å². The second-order valence-electron chi connectivity index (χ2n) is 5.12. The van der Waals surface area contributed by atoms with Crippen molar-refractivity contribution in [3.05, 3.63) is 0 Å². The standard InChI is InChI=1S/C12H16F3NO5/c1-6(11(18)19)16(7-2-3-7)10(17)8-9(12(13,14)15)21-5-4-20-8/h6-9H,2-5H2,1H3,(H,18,19)/t6?,8-,9+/m1/s1. The minimum absolute atomic E-state index is 0.136. The molecule has 2 rings (SSSR count). The highest BCUT2D eigenvalue weighted by molar-refractivity contribution is 5.87. The Kier molecular flexibility index (Phi) is 4.43. The lowest BCUT2D eigenvalue weighted by Crippen LogP contribution is -2.58. The first-order valence-electron chi connectivity index (χ1n) is 6.58. The maximum Gasteiger partial charge on any atom is 0.417 e. The van der Waals surface area contributed by atoms with E-state index in [0.29, 0.717) is 12.8 Å². The van der Waals surface area contributed by atoms with E-state index in [-0.39, 0.29) is 19.3 Å². The predicted octanol–water partition coefficient (Wildman–Crippen LogP) is 0.797. The summed E-state index contributed by atoms with van der Waals surface area (Å²) in [7, 11) is 0. The van der Waals surface area contributed by atoms with Gasteiger partial charge in [0.15, 0.2) is 12.2 Å². The van der Waals surface area contributed by atoms with Crippen molar-refractivity contribution in [1.29, 1.82) is 0 Å². The maximum atomic E-state index is 12.9. The molecule has 9 heteroatoms. The first-order valence-corrected chi connectivity index (χ1v) is 6.58. The van der Waals surface area contributed by atoms with Gasteiger partial charge in [-0.15, -0.1) is 0 Å². The van der Waals surface area contributed by atoms with Gasteiger partial charge >= 0.3 is 12.1 Å². The molecule has 1 saturated carbocycles. The van der Waals surface area contributed by atoms with Crippen molar-refractivity contribution in [2.24, 2.45) is 0 Å². The van der Waals surface area contributed by atoms with Crippen LogP contribution in [-0.4, -0.2) is 65.6 Å². The van der Waals surface area contributed by atoms with E-state index in [2.05, 4.69) is 4.74 Å². The van der Waals surface area contributed by atoms with Gasteiger partial charge in [-0.25, -0.2) is 4.79 Å². The number of carboxylic acids is 1. The Labute approximate surface area is 118 Å². The molecule has 0 bridgehead atoms. The number of nitrogens with zero attached hydrogens (tertiary/aromatic N) is 1. The number of rotatable bonds is 4. The topological polar surface area (TPSA) is 76.1 Å². The molecule has 1 unspecified atom stereocenters. The molecule has 3 atom stereocenters. The molecule has 21 heavy (non-hydrogen) atoms. The van der Waals surface area contributed by atoms with Crippen molar-refractivity contribution in [1.82, 2.24) is 4.90 Å². The van der Waals surface area contributed by atoms with Gasteiger partial charge < -0.3 is 19.5 Å². The number of aliphatic carboxylic acids is 1. The number of ether oxygens (including phenoxy) is 2. The summed E-state index contributed by atoms with van der Waals surface area (Å²) in [5.41, 5.74) is 0. The third kappa shape index (κ3) is 3.46. The third-order valence-corrected chi connectivity index (χ3v) is 3.49. The van der Waals surface area contributed by atoms with Crippen molar-refractivity contribution in [2.45, 2.75) is 50.2 Å². The smallest absolute Gasteiger partial charge is 0.417 e. The number of carboxylic acid groups (broad SMARTS) is 1. The van der Waals surface area contributed by atoms with Crippen LogP contribution in [0.2, 0.25) is 0 Å². The van der Waals surface area contributed by atoms with Crippen LogP contribution in [-0.2, 0) is 19.1 Å². The monoisotopic (exact) mass is 311 g/mol. The number of hydrogen-bond donors (Lipinski definition) is 1. The van der Waals surface area contributed by atoms with Crippen LogP contribution >= 0.6 is 0 Å². The van der Waals surface area contributed by atoms with Gasteiger partial charge in [0.05, 0.1) is 13.2 Å². The Hall–Kier alpha value is -1.35. The molecule has 6 nitrogen and oxygen atoms in total. The summed E-state index contributed by atoms with van der Waals surface area (Å²) in [5, 5.41) is 9.01. The number of carbonyl (C=O) groups is 2. The fourth-order valence-corrected chi connectivity index (χ4v) is 2.30. The lowest BCUT2D eigenvalue weighted by molar-refractivity contribution is -0.275. The van der Waals surface area contributed by atoms with Gasteiger partial charge in [0.2, 0.25) is 0 Å². The number of alkyl halides is 3. The Bertz CT molecular complexity index is 424. The molecule has 1 aliphatic carbocycles. The minimum Gasteiger partial charge on any atom is -0.480 e. The molecule has 1 amide bonds. The van der Waals surface area contributed by atoms with E-state index in [1.54, 1.807) is 0 Å². The summed E-state index contributed by atoms with van der Waals surface area (Å²) in [6.45, 7) is 0.875. The highest BCUT2D eigenvalue weighted by atomic mass is 19.4. The van der Waals surface area contributed by atoms with E-state index in [0.717, 1.165) is 4.90 Å². The molecule has 0 aromatic carbocycles. The average Bonchev–Trinajstić information content (AvgIpc) is 3.22. The molecule has 0 spiro atoms. The molecule has 2 fully saturated rings. The van der Waals surface area contributed by atoms with Crippen molar-refractivity contribution in [3.8, 4) is 0 Å². The summed E-state index contributed by atoms with van der Waals surface area (Å²) in [6.07, 6.45) is -7.80. The molecule has 0 aromatic heterocycles. The van der Waals surface area contributed by atoms with Gasteiger partial charge in [0.25, 0.3) is 5.91 Å². The lowest BCUT2D eigenvalue weighted by Gasteiger charge is -2.36. The van der Waals surface area contributed by atoms with Gasteiger partial charge in [0, 0.05) is 6.04 Å². The van der Waals surface area contributed by atoms with Crippen LogP contribution in [0.4, 0.5) is 13.2 Å². The highest BCUT2D eigenvalue weighted by Crippen LogP contribution is 2.34. The molecule has 1 N–H and O–H groups in total. The number of amides is 1. The van der Waals surface area contributed by atoms with E-state index in [1.807, 2.05) is 0 Å². The number of halogens is 3. The van der Waals surface area contributed by atoms with Crippen LogP contribution < -0.4 is 0 Å². The number of carbonyl (C=O) groups excluding carboxylic acids is 1. The molecular weight excluding hydrogens is 295 g/mol. The van der Waals surface area contributed by atoms with Gasteiger partial charge in [-0.2, -0.15) is 13.2 Å². The maximum absolute atomic E-state index is 12.9. The van der Waals surface area contributed by atoms with Crippen LogP contribution in [0.1, 0.15) is 19.8 Å². The van der Waals surface area contributed by atoms with Crippen LogP contribution in [0.25, 0.3) is 0 Å². The summed E-state index contributed by atoms with van der Waals surface area (Å²) < 4.78 is 48.3. The van der Waals surface area contributed by atoms with E-state index >= 15 is 0 Å². The Morgan fingerprint density at radius 2 is 1.81 bits per heavy atom. The normalized spacial score (nSPS) is 28.0. The van der Waals surface area contributed by atoms with Crippen molar-refractivity contribution in [3.63, 3.8) is 0 Å². The molecule has 1 heterocycles. The van der Waals surface area contributed by atoms with Gasteiger partial charge in [-0.1, -0.05) is 0 Å². The van der Waals surface area contributed by atoms with Crippen molar-refractivity contribution in [2.75, 3.05) is 13.2 Å². The highest BCUT2D eigenvalue weighted by Gasteiger charge is 2.54. The fourth-order valence-electron chi connectivity index (χ4n) is 2.30. The average molecular weight is 311 g/mol. The molecule has 1 saturated heterocycles. The predicted molar refractivity (Wildman–Crippen MR) is 62.5 cm³/mol. The number of hydrogen-bond acceptors (Lipinski definition) is 4. The third-order valence-electron chi connectivity index (χ3n) is 3.49. The molecular formula is C12H16F3NO5. The van der Waals surface area contributed by atoms with E-state index in [9.17, 15) is 22.8 Å². The summed E-state index contributed by atoms with van der Waals surface area (Å²) >= 11 is 0. The largest absolute Gasteiger partial charge is 0.480 e. The Morgan fingerprint density at radius 1 is 1.24 bits per heavy atom. The van der Waals surface area contributed by atoms with Gasteiger partial charge in [-0.3, -0.25) is 4.79 Å². The van der Waals surface area contributed by atoms with Crippen LogP contribution in [0.3, 0.4) is 0 Å².